The van der Waals surface area contributed by atoms with Crippen LogP contribution in [-0.4, -0.2) is 38.2 Å². The zero-order valence-electron chi connectivity index (χ0n) is 24.1. The number of aryl methyl sites for hydroxylation is 3. The zero-order valence-corrected chi connectivity index (χ0v) is 25.0. The van der Waals surface area contributed by atoms with E-state index in [1.165, 1.54) is 10.6 Å². The van der Waals surface area contributed by atoms with Crippen molar-refractivity contribution in [1.29, 1.82) is 0 Å². The SMILES string of the molecule is Cc1cc(-c2cc3c(=O)n(C)cc(-c4cc(CCNS(=O)O)ccc4Oc4ccc(F)cc4F)c3o2)cc(C)c1OCCO. The number of nitrogens with one attached hydrogen (secondary N) is 1. The molecule has 12 heteroatoms. The van der Waals surface area contributed by atoms with Gasteiger partial charge in [0, 0.05) is 42.5 Å². The number of furan rings is 1. The summed E-state index contributed by atoms with van der Waals surface area (Å²) >= 11 is -2.18. The van der Waals surface area contributed by atoms with Crippen molar-refractivity contribution < 1.29 is 36.5 Å². The second kappa shape index (κ2) is 13.1. The molecule has 0 saturated heterocycles. The highest BCUT2D eigenvalue weighted by Crippen LogP contribution is 2.41. The van der Waals surface area contributed by atoms with Crippen molar-refractivity contribution in [2.75, 3.05) is 19.8 Å². The Balaban J connectivity index is 1.66. The quantitative estimate of drug-likeness (QED) is 0.159. The van der Waals surface area contributed by atoms with Gasteiger partial charge in [0.1, 0.15) is 35.3 Å². The van der Waals surface area contributed by atoms with Gasteiger partial charge in [-0.25, -0.2) is 17.7 Å². The van der Waals surface area contributed by atoms with Gasteiger partial charge in [0.15, 0.2) is 11.6 Å². The van der Waals surface area contributed by atoms with E-state index in [0.717, 1.165) is 28.8 Å². The Kier molecular flexibility index (Phi) is 9.25. The van der Waals surface area contributed by atoms with Gasteiger partial charge in [-0.15, -0.1) is 0 Å². The molecule has 1 unspecified atom stereocenters. The molecule has 3 aromatic carbocycles. The van der Waals surface area contributed by atoms with Crippen molar-refractivity contribution >= 4 is 22.2 Å². The van der Waals surface area contributed by atoms with Crippen LogP contribution in [0.1, 0.15) is 16.7 Å². The number of ether oxygens (including phenoxy) is 2. The first-order valence-corrected chi connectivity index (χ1v) is 14.8. The average molecular weight is 625 g/mol. The highest BCUT2D eigenvalue weighted by molar-refractivity contribution is 7.77. The van der Waals surface area contributed by atoms with E-state index in [4.69, 9.17) is 23.6 Å². The molecular weight excluding hydrogens is 594 g/mol. The van der Waals surface area contributed by atoms with Gasteiger partial charge < -0.3 is 23.6 Å². The number of aromatic nitrogens is 1. The van der Waals surface area contributed by atoms with Crippen LogP contribution in [0, 0.1) is 25.5 Å². The fraction of sp³-hybridized carbons (Fsp3) is 0.219. The summed E-state index contributed by atoms with van der Waals surface area (Å²) in [7, 11) is 1.60. The number of aliphatic hydroxyl groups excluding tert-OH is 1. The minimum Gasteiger partial charge on any atom is -0.491 e. The summed E-state index contributed by atoms with van der Waals surface area (Å²) in [5.41, 5.74) is 4.02. The van der Waals surface area contributed by atoms with Crippen molar-refractivity contribution in [3.63, 3.8) is 0 Å². The van der Waals surface area contributed by atoms with Gasteiger partial charge in [-0.05, 0) is 79.4 Å². The van der Waals surface area contributed by atoms with E-state index < -0.39 is 22.9 Å². The van der Waals surface area contributed by atoms with Crippen molar-refractivity contribution in [3.05, 3.63) is 99.5 Å². The number of rotatable bonds is 11. The van der Waals surface area contributed by atoms with Crippen LogP contribution in [0.3, 0.4) is 0 Å². The third kappa shape index (κ3) is 6.58. The molecular formula is C32H30F2N2O7S. The minimum atomic E-state index is -2.18. The van der Waals surface area contributed by atoms with E-state index in [9.17, 15) is 17.8 Å². The summed E-state index contributed by atoms with van der Waals surface area (Å²) < 4.78 is 70.2. The van der Waals surface area contributed by atoms with Crippen LogP contribution in [0.15, 0.2) is 70.0 Å². The largest absolute Gasteiger partial charge is 0.491 e. The Bertz CT molecular complexity index is 1910. The highest BCUT2D eigenvalue weighted by atomic mass is 32.2. The molecule has 0 aliphatic rings. The molecule has 2 aromatic heterocycles. The van der Waals surface area contributed by atoms with Gasteiger partial charge in [-0.3, -0.25) is 9.35 Å². The second-order valence-electron chi connectivity index (χ2n) is 10.2. The lowest BCUT2D eigenvalue weighted by atomic mass is 10.0. The predicted molar refractivity (Wildman–Crippen MR) is 163 cm³/mol. The van der Waals surface area contributed by atoms with Gasteiger partial charge in [-0.1, -0.05) is 6.07 Å². The first-order chi connectivity index (χ1) is 21.0. The van der Waals surface area contributed by atoms with Gasteiger partial charge >= 0.3 is 0 Å². The fourth-order valence-electron chi connectivity index (χ4n) is 5.04. The zero-order chi connectivity index (χ0) is 31.5. The predicted octanol–water partition coefficient (Wildman–Crippen LogP) is 5.79. The molecule has 0 radical (unpaired) electrons. The van der Waals surface area contributed by atoms with Gasteiger partial charge in [-0.2, -0.15) is 0 Å². The molecule has 9 nitrogen and oxygen atoms in total. The Morgan fingerprint density at radius 3 is 2.41 bits per heavy atom. The lowest BCUT2D eigenvalue weighted by molar-refractivity contribution is 0.200. The molecule has 230 valence electrons. The highest BCUT2D eigenvalue weighted by Gasteiger charge is 2.21. The van der Waals surface area contributed by atoms with E-state index >= 15 is 0 Å². The standard InChI is InChI=1S/C32H30F2N2O7S/c1-18-12-21(13-19(2)30(18)41-11-10-37)29-16-24-31(43-29)25(17-36(3)32(24)38)23-14-20(8-9-35-44(39)40)4-6-27(23)42-28-7-5-22(33)15-26(28)34/h4-7,12-17,35,37H,8-11H2,1-3H3,(H,39,40). The summed E-state index contributed by atoms with van der Waals surface area (Å²) in [6.07, 6.45) is 1.96. The van der Waals surface area contributed by atoms with Crippen LogP contribution >= 0.6 is 0 Å². The molecule has 0 amide bonds. The number of fused-ring (bicyclic) bond motifs is 1. The number of halogens is 2. The van der Waals surface area contributed by atoms with Crippen LogP contribution in [0.25, 0.3) is 33.4 Å². The smallest absolute Gasteiger partial charge is 0.261 e. The van der Waals surface area contributed by atoms with Crippen LogP contribution in [0.4, 0.5) is 8.78 Å². The third-order valence-electron chi connectivity index (χ3n) is 7.02. The van der Waals surface area contributed by atoms with E-state index in [1.54, 1.807) is 37.5 Å². The second-order valence-corrected chi connectivity index (χ2v) is 11.0. The number of aliphatic hydroxyl groups is 1. The van der Waals surface area contributed by atoms with Gasteiger partial charge in [0.25, 0.3) is 5.56 Å². The molecule has 1 atom stereocenters. The summed E-state index contributed by atoms with van der Waals surface area (Å²) in [5.74, 6) is -0.538. The van der Waals surface area contributed by atoms with Crippen LogP contribution < -0.4 is 19.8 Å². The van der Waals surface area contributed by atoms with Crippen LogP contribution in [0.5, 0.6) is 17.2 Å². The molecule has 0 spiro atoms. The first-order valence-electron chi connectivity index (χ1n) is 13.6. The number of benzene rings is 3. The van der Waals surface area contributed by atoms with E-state index in [2.05, 4.69) is 4.72 Å². The number of pyridine rings is 1. The summed E-state index contributed by atoms with van der Waals surface area (Å²) in [4.78, 5) is 13.3. The van der Waals surface area contributed by atoms with Crippen molar-refractivity contribution in [2.24, 2.45) is 7.05 Å². The molecule has 5 aromatic rings. The third-order valence-corrected chi connectivity index (χ3v) is 7.47. The maximum absolute atomic E-state index is 14.6. The molecule has 0 aliphatic heterocycles. The lowest BCUT2D eigenvalue weighted by Crippen LogP contribution is -2.19. The maximum atomic E-state index is 14.6. The topological polar surface area (TPSA) is 123 Å². The number of nitrogens with zero attached hydrogens (tertiary/aromatic N) is 1. The molecule has 2 heterocycles. The maximum Gasteiger partial charge on any atom is 0.261 e. The van der Waals surface area contributed by atoms with Crippen LogP contribution in [-0.2, 0) is 24.7 Å². The van der Waals surface area contributed by atoms with E-state index in [1.807, 2.05) is 26.0 Å². The van der Waals surface area contributed by atoms with Gasteiger partial charge in [0.2, 0.25) is 11.3 Å². The number of hydrogen-bond donors (Lipinski definition) is 3. The van der Waals surface area contributed by atoms with Crippen molar-refractivity contribution in [1.82, 2.24) is 9.29 Å². The van der Waals surface area contributed by atoms with Crippen molar-refractivity contribution in [3.8, 4) is 39.7 Å². The molecule has 0 aliphatic carbocycles. The lowest BCUT2D eigenvalue weighted by Gasteiger charge is -2.15. The summed E-state index contributed by atoms with van der Waals surface area (Å²) in [6.45, 7) is 3.99. The average Bonchev–Trinajstić information content (AvgIpc) is 3.42. The Morgan fingerprint density at radius 1 is 1.00 bits per heavy atom. The molecule has 0 saturated carbocycles. The normalized spacial score (nSPS) is 12.1. The van der Waals surface area contributed by atoms with E-state index in [0.29, 0.717) is 40.0 Å². The monoisotopic (exact) mass is 624 g/mol. The summed E-state index contributed by atoms with van der Waals surface area (Å²) in [6, 6.07) is 13.5. The Hall–Kier alpha value is -4.36. The molecule has 3 N–H and O–H groups in total. The van der Waals surface area contributed by atoms with Crippen molar-refractivity contribution in [2.45, 2.75) is 20.3 Å². The first kappa shape index (κ1) is 31.1. The fourth-order valence-corrected chi connectivity index (χ4v) is 5.32. The van der Waals surface area contributed by atoms with Crippen LogP contribution in [0.2, 0.25) is 0 Å². The van der Waals surface area contributed by atoms with Gasteiger partial charge in [0.05, 0.1) is 12.0 Å². The molecule has 44 heavy (non-hydrogen) atoms. The Morgan fingerprint density at radius 2 is 1.73 bits per heavy atom. The van der Waals surface area contributed by atoms with E-state index in [-0.39, 0.29) is 42.4 Å². The molecule has 0 bridgehead atoms. The molecule has 5 rings (SSSR count). The minimum absolute atomic E-state index is 0.117. The summed E-state index contributed by atoms with van der Waals surface area (Å²) in [5, 5.41) is 9.46. The number of hydrogen-bond acceptors (Lipinski definition) is 6. The Labute approximate surface area is 254 Å². The molecule has 0 fully saturated rings.